The van der Waals surface area contributed by atoms with Gasteiger partial charge in [0.2, 0.25) is 18.2 Å². The number of aryl methyl sites for hydroxylation is 1. The van der Waals surface area contributed by atoms with E-state index in [1.54, 1.807) is 61.9 Å². The SMILES string of the molecule is C=C/C=C\N=CC.CC.CCCC(CCC)SCC(NC=O)C(=O)NC(C)C(O)C(O)C(CCSC)NC(C)=O.Cc1cc(F)cc(F)c1. The van der Waals surface area contributed by atoms with Crippen molar-refractivity contribution in [3.8, 4) is 0 Å². The van der Waals surface area contributed by atoms with E-state index in [0.717, 1.165) is 31.7 Å². The predicted octanol–water partition coefficient (Wildman–Crippen LogP) is 6.36. The van der Waals surface area contributed by atoms with Gasteiger partial charge in [-0.15, -0.1) is 0 Å². The summed E-state index contributed by atoms with van der Waals surface area (Å²) in [5.74, 6) is -0.613. The molecule has 49 heavy (non-hydrogen) atoms. The van der Waals surface area contributed by atoms with Crippen molar-refractivity contribution in [1.82, 2.24) is 16.0 Å². The third-order valence-electron chi connectivity index (χ3n) is 6.44. The van der Waals surface area contributed by atoms with Crippen molar-refractivity contribution in [3.63, 3.8) is 0 Å². The highest BCUT2D eigenvalue weighted by Crippen LogP contribution is 2.22. The molecular weight excluding hydrogens is 671 g/mol. The van der Waals surface area contributed by atoms with E-state index in [9.17, 15) is 33.4 Å². The molecule has 0 fully saturated rings. The average Bonchev–Trinajstić information content (AvgIpc) is 3.05. The minimum absolute atomic E-state index is 0.296. The van der Waals surface area contributed by atoms with Crippen LogP contribution in [0.4, 0.5) is 8.78 Å². The first-order chi connectivity index (χ1) is 23.3. The van der Waals surface area contributed by atoms with E-state index >= 15 is 0 Å². The van der Waals surface area contributed by atoms with E-state index in [1.807, 2.05) is 27.0 Å². The number of thioether (sulfide) groups is 2. The molecule has 0 aliphatic carbocycles. The van der Waals surface area contributed by atoms with Crippen LogP contribution in [0.1, 0.15) is 86.1 Å². The Hall–Kier alpha value is -2.74. The zero-order valence-electron chi connectivity index (χ0n) is 30.9. The molecule has 1 rings (SSSR count). The number of rotatable bonds is 20. The second kappa shape index (κ2) is 33.7. The van der Waals surface area contributed by atoms with Gasteiger partial charge in [-0.1, -0.05) is 53.2 Å². The second-order valence-electron chi connectivity index (χ2n) is 10.7. The fourth-order valence-corrected chi connectivity index (χ4v) is 6.14. The van der Waals surface area contributed by atoms with Crippen LogP contribution in [0.25, 0.3) is 0 Å². The average molecular weight is 733 g/mol. The van der Waals surface area contributed by atoms with Crippen molar-refractivity contribution >= 4 is 48.0 Å². The molecule has 0 spiro atoms. The first-order valence-corrected chi connectivity index (χ1v) is 19.2. The fourth-order valence-electron chi connectivity index (χ4n) is 4.14. The quantitative estimate of drug-likeness (QED) is 0.0597. The van der Waals surface area contributed by atoms with Gasteiger partial charge in [-0.3, -0.25) is 19.4 Å². The summed E-state index contributed by atoms with van der Waals surface area (Å²) in [6.45, 7) is 18.2. The Morgan fingerprint density at radius 3 is 2.02 bits per heavy atom. The Bertz CT molecular complexity index is 1030. The Labute approximate surface area is 302 Å². The summed E-state index contributed by atoms with van der Waals surface area (Å²) in [6, 6.07) is 1.30. The number of allylic oxidation sites excluding steroid dienone is 2. The third-order valence-corrected chi connectivity index (χ3v) is 8.55. The summed E-state index contributed by atoms with van der Waals surface area (Å²) >= 11 is 3.24. The Kier molecular flexibility index (Phi) is 34.9. The molecule has 1 aromatic rings. The molecule has 0 aliphatic rings. The minimum atomic E-state index is -1.28. The summed E-state index contributed by atoms with van der Waals surface area (Å²) in [5, 5.41) is 29.5. The van der Waals surface area contributed by atoms with Crippen LogP contribution in [-0.2, 0) is 14.4 Å². The number of benzene rings is 1. The van der Waals surface area contributed by atoms with E-state index in [-0.39, 0.29) is 5.91 Å². The second-order valence-corrected chi connectivity index (χ2v) is 13.0. The number of aliphatic imine (C=N–C) groups is 1. The molecule has 5 N–H and O–H groups in total. The molecule has 0 radical (unpaired) electrons. The number of hydrogen-bond donors (Lipinski definition) is 5. The maximum absolute atomic E-state index is 12.7. The topological polar surface area (TPSA) is 140 Å². The van der Waals surface area contributed by atoms with Gasteiger partial charge < -0.3 is 26.2 Å². The smallest absolute Gasteiger partial charge is 0.243 e. The van der Waals surface area contributed by atoms with Gasteiger partial charge in [-0.2, -0.15) is 23.5 Å². The third kappa shape index (κ3) is 27.7. The monoisotopic (exact) mass is 732 g/mol. The van der Waals surface area contributed by atoms with E-state index in [0.29, 0.717) is 35.2 Å². The summed E-state index contributed by atoms with van der Waals surface area (Å²) in [6.07, 6.45) is 11.5. The summed E-state index contributed by atoms with van der Waals surface area (Å²) < 4.78 is 24.4. The van der Waals surface area contributed by atoms with Gasteiger partial charge in [-0.25, -0.2) is 8.78 Å². The lowest BCUT2D eigenvalue weighted by molar-refractivity contribution is -0.127. The van der Waals surface area contributed by atoms with Crippen molar-refractivity contribution in [2.75, 3.05) is 17.8 Å². The molecule has 9 nitrogen and oxygen atoms in total. The number of nitrogens with zero attached hydrogens (tertiary/aromatic N) is 1. The van der Waals surface area contributed by atoms with Crippen molar-refractivity contribution in [2.24, 2.45) is 4.99 Å². The van der Waals surface area contributed by atoms with E-state index in [4.69, 9.17) is 0 Å². The number of carbonyl (C=O) groups excluding carboxylic acids is 3. The van der Waals surface area contributed by atoms with Gasteiger partial charge in [0.15, 0.2) is 0 Å². The molecule has 5 atom stereocenters. The van der Waals surface area contributed by atoms with Crippen LogP contribution in [0, 0.1) is 18.6 Å². The highest BCUT2D eigenvalue weighted by Gasteiger charge is 2.32. The maximum atomic E-state index is 12.7. The Morgan fingerprint density at radius 1 is 1.02 bits per heavy atom. The van der Waals surface area contributed by atoms with Crippen LogP contribution in [0.5, 0.6) is 0 Å². The molecule has 0 saturated heterocycles. The molecule has 0 aromatic heterocycles. The first kappa shape index (κ1) is 50.6. The van der Waals surface area contributed by atoms with Crippen LogP contribution in [0.2, 0.25) is 0 Å². The van der Waals surface area contributed by atoms with Crippen molar-refractivity contribution in [2.45, 2.75) is 123 Å². The molecule has 0 saturated carbocycles. The number of hydrogen-bond acceptors (Lipinski definition) is 8. The largest absolute Gasteiger partial charge is 0.388 e. The van der Waals surface area contributed by atoms with Gasteiger partial charge in [0.05, 0.1) is 12.1 Å². The normalized spacial score (nSPS) is 13.7. The Morgan fingerprint density at radius 2 is 1.59 bits per heavy atom. The number of aliphatic hydroxyl groups is 2. The van der Waals surface area contributed by atoms with Gasteiger partial charge in [0, 0.05) is 36.4 Å². The first-order valence-electron chi connectivity index (χ1n) is 16.7. The molecule has 0 bridgehead atoms. The van der Waals surface area contributed by atoms with E-state index in [2.05, 4.69) is 41.4 Å². The molecule has 0 heterocycles. The van der Waals surface area contributed by atoms with Crippen LogP contribution in [-0.4, -0.2) is 88.0 Å². The van der Waals surface area contributed by atoms with Gasteiger partial charge >= 0.3 is 0 Å². The number of halogens is 2. The fraction of sp³-hybridized carbons (Fsp3) is 0.611. The zero-order valence-corrected chi connectivity index (χ0v) is 32.5. The lowest BCUT2D eigenvalue weighted by atomic mass is 9.98. The summed E-state index contributed by atoms with van der Waals surface area (Å²) in [7, 11) is 0. The lowest BCUT2D eigenvalue weighted by Gasteiger charge is -2.31. The highest BCUT2D eigenvalue weighted by atomic mass is 32.2. The maximum Gasteiger partial charge on any atom is 0.243 e. The number of aliphatic hydroxyl groups excluding tert-OH is 2. The van der Waals surface area contributed by atoms with Gasteiger partial charge in [0.1, 0.15) is 29.9 Å². The molecule has 1 aromatic carbocycles. The van der Waals surface area contributed by atoms with Crippen molar-refractivity contribution in [3.05, 3.63) is 60.3 Å². The molecule has 0 aliphatic heterocycles. The standard InChI is InChI=1S/C21H41N3O5S2.C7H6F2.C6H9N.C2H6/c1-6-8-16(9-7-2)31-12-18(22-13-25)21(29)23-14(3)19(27)20(28)17(10-11-30-5)24-15(4)26;1-5-2-6(8)4-7(9)3-5;1-3-5-6-7-4-2;1-2/h13-14,16-20,27-28H,6-12H2,1-5H3,(H,22,25)(H,23,29)(H,24,26);2-4H,1H3;3-6H,1H2,2H3;1-2H3/b;;6-5-,7-4?;. The van der Waals surface area contributed by atoms with Crippen LogP contribution < -0.4 is 16.0 Å². The van der Waals surface area contributed by atoms with Crippen LogP contribution in [0.15, 0.2) is 48.1 Å². The molecule has 13 heteroatoms. The van der Waals surface area contributed by atoms with Crippen molar-refractivity contribution in [1.29, 1.82) is 0 Å². The molecule has 282 valence electrons. The summed E-state index contributed by atoms with van der Waals surface area (Å²) in [5.41, 5.74) is 0.604. The molecule has 3 amide bonds. The van der Waals surface area contributed by atoms with Crippen LogP contribution in [0.3, 0.4) is 0 Å². The highest BCUT2D eigenvalue weighted by molar-refractivity contribution is 8.00. The van der Waals surface area contributed by atoms with Crippen LogP contribution >= 0.6 is 23.5 Å². The van der Waals surface area contributed by atoms with E-state index in [1.165, 1.54) is 19.1 Å². The molecular formula is C36H62F2N4O5S2. The summed E-state index contributed by atoms with van der Waals surface area (Å²) in [4.78, 5) is 38.9. The molecule has 5 unspecified atom stereocenters. The predicted molar refractivity (Wildman–Crippen MR) is 205 cm³/mol. The lowest BCUT2D eigenvalue weighted by Crippen LogP contribution is -2.57. The number of amides is 3. The van der Waals surface area contributed by atoms with Gasteiger partial charge in [-0.05, 0) is 75.8 Å². The van der Waals surface area contributed by atoms with Crippen molar-refractivity contribution < 1.29 is 33.4 Å². The number of carbonyl (C=O) groups is 3. The number of nitrogens with one attached hydrogen (secondary N) is 3. The minimum Gasteiger partial charge on any atom is -0.388 e. The van der Waals surface area contributed by atoms with E-state index < -0.39 is 47.9 Å². The zero-order chi connectivity index (χ0) is 38.2. The Balaban J connectivity index is -0.000000946. The van der Waals surface area contributed by atoms with Gasteiger partial charge in [0.25, 0.3) is 0 Å².